The first-order valence-corrected chi connectivity index (χ1v) is 11.5. The Labute approximate surface area is 178 Å². The number of para-hydroxylation sites is 1. The lowest BCUT2D eigenvalue weighted by Gasteiger charge is -2.36. The van der Waals surface area contributed by atoms with Crippen molar-refractivity contribution >= 4 is 11.8 Å². The van der Waals surface area contributed by atoms with Gasteiger partial charge in [0.2, 0.25) is 0 Å². The molecule has 1 N–H and O–H groups in total. The number of methoxy groups -OCH3 is 1. The van der Waals surface area contributed by atoms with Gasteiger partial charge in [0.05, 0.1) is 18.1 Å². The van der Waals surface area contributed by atoms with Crippen molar-refractivity contribution in [1.29, 1.82) is 0 Å². The Morgan fingerprint density at radius 2 is 1.97 bits per heavy atom. The summed E-state index contributed by atoms with van der Waals surface area (Å²) in [5.74, 6) is 2.36. The number of piperidine rings is 1. The van der Waals surface area contributed by atoms with Gasteiger partial charge in [-0.3, -0.25) is 0 Å². The SMILES string of the molecule is COc1ccc2c(c1)C(C1CCN(CCCC(C)O)CC1)Oc1ccccc1S2. The Hall–Kier alpha value is -1.69. The van der Waals surface area contributed by atoms with Crippen LogP contribution in [0.25, 0.3) is 0 Å². The summed E-state index contributed by atoms with van der Waals surface area (Å²) in [5.41, 5.74) is 1.25. The molecule has 2 aliphatic rings. The smallest absolute Gasteiger partial charge is 0.134 e. The summed E-state index contributed by atoms with van der Waals surface area (Å²) < 4.78 is 12.2. The van der Waals surface area contributed by atoms with E-state index in [9.17, 15) is 5.11 Å². The van der Waals surface area contributed by atoms with E-state index >= 15 is 0 Å². The van der Waals surface area contributed by atoms with Crippen molar-refractivity contribution in [2.24, 2.45) is 5.92 Å². The van der Waals surface area contributed by atoms with Crippen molar-refractivity contribution in [3.05, 3.63) is 48.0 Å². The molecule has 0 amide bonds. The molecule has 156 valence electrons. The third-order valence-corrected chi connectivity index (χ3v) is 7.15. The molecule has 0 saturated carbocycles. The van der Waals surface area contributed by atoms with Gasteiger partial charge in [-0.2, -0.15) is 0 Å². The van der Waals surface area contributed by atoms with Crippen LogP contribution in [0.4, 0.5) is 0 Å². The molecule has 1 fully saturated rings. The van der Waals surface area contributed by atoms with E-state index in [2.05, 4.69) is 41.3 Å². The number of ether oxygens (including phenoxy) is 2. The van der Waals surface area contributed by atoms with E-state index in [4.69, 9.17) is 9.47 Å². The van der Waals surface area contributed by atoms with Gasteiger partial charge in [0, 0.05) is 16.4 Å². The van der Waals surface area contributed by atoms with Gasteiger partial charge in [-0.05, 0) is 82.6 Å². The molecule has 4 nitrogen and oxygen atoms in total. The van der Waals surface area contributed by atoms with Gasteiger partial charge in [-0.15, -0.1) is 0 Å². The minimum atomic E-state index is -0.198. The number of aliphatic hydroxyl groups excluding tert-OH is 1. The zero-order chi connectivity index (χ0) is 20.2. The number of aliphatic hydroxyl groups is 1. The molecule has 4 rings (SSSR count). The molecule has 0 aliphatic carbocycles. The second kappa shape index (κ2) is 9.41. The van der Waals surface area contributed by atoms with Crippen molar-refractivity contribution in [2.45, 2.75) is 54.6 Å². The maximum Gasteiger partial charge on any atom is 0.134 e. The summed E-state index contributed by atoms with van der Waals surface area (Å²) in [6.07, 6.45) is 4.05. The highest BCUT2D eigenvalue weighted by molar-refractivity contribution is 7.99. The number of rotatable bonds is 6. The van der Waals surface area contributed by atoms with E-state index in [1.807, 2.05) is 13.0 Å². The molecule has 0 bridgehead atoms. The minimum Gasteiger partial charge on any atom is -0.497 e. The summed E-state index contributed by atoms with van der Waals surface area (Å²) >= 11 is 1.79. The molecule has 29 heavy (non-hydrogen) atoms. The Morgan fingerprint density at radius 1 is 1.17 bits per heavy atom. The van der Waals surface area contributed by atoms with Crippen LogP contribution in [0.5, 0.6) is 11.5 Å². The second-order valence-corrected chi connectivity index (χ2v) is 9.25. The summed E-state index contributed by atoms with van der Waals surface area (Å²) in [6, 6.07) is 14.7. The first-order chi connectivity index (χ1) is 14.1. The average Bonchev–Trinajstić information content (AvgIpc) is 2.90. The highest BCUT2D eigenvalue weighted by atomic mass is 32.2. The van der Waals surface area contributed by atoms with Gasteiger partial charge in [-0.25, -0.2) is 0 Å². The lowest BCUT2D eigenvalue weighted by atomic mass is 9.87. The molecule has 0 radical (unpaired) electrons. The average molecular weight is 414 g/mol. The zero-order valence-electron chi connectivity index (χ0n) is 17.3. The van der Waals surface area contributed by atoms with Crippen molar-refractivity contribution in [3.8, 4) is 11.5 Å². The third kappa shape index (κ3) is 4.90. The van der Waals surface area contributed by atoms with E-state index in [1.54, 1.807) is 18.9 Å². The molecule has 2 aromatic carbocycles. The lowest BCUT2D eigenvalue weighted by molar-refractivity contribution is 0.0713. The predicted molar refractivity (Wildman–Crippen MR) is 117 cm³/mol. The zero-order valence-corrected chi connectivity index (χ0v) is 18.2. The Kier molecular flexibility index (Phi) is 6.68. The summed E-state index contributed by atoms with van der Waals surface area (Å²) in [5, 5.41) is 9.49. The van der Waals surface area contributed by atoms with Crippen LogP contribution in [0.3, 0.4) is 0 Å². The fraction of sp³-hybridized carbons (Fsp3) is 0.500. The van der Waals surface area contributed by atoms with E-state index in [0.717, 1.165) is 56.8 Å². The van der Waals surface area contributed by atoms with Crippen LogP contribution < -0.4 is 9.47 Å². The van der Waals surface area contributed by atoms with Crippen LogP contribution in [0.2, 0.25) is 0 Å². The van der Waals surface area contributed by atoms with Crippen LogP contribution in [0, 0.1) is 5.92 Å². The summed E-state index contributed by atoms with van der Waals surface area (Å²) in [4.78, 5) is 4.97. The van der Waals surface area contributed by atoms with Gasteiger partial charge >= 0.3 is 0 Å². The van der Waals surface area contributed by atoms with Gasteiger partial charge in [-0.1, -0.05) is 23.9 Å². The summed E-state index contributed by atoms with van der Waals surface area (Å²) in [6.45, 7) is 5.14. The number of likely N-dealkylation sites (tertiary alicyclic amines) is 1. The molecule has 2 aliphatic heterocycles. The monoisotopic (exact) mass is 413 g/mol. The number of fused-ring (bicyclic) bond motifs is 2. The van der Waals surface area contributed by atoms with Crippen LogP contribution in [-0.4, -0.2) is 42.9 Å². The van der Waals surface area contributed by atoms with Gasteiger partial charge in [0.15, 0.2) is 0 Å². The molecular formula is C24H31NO3S. The fourth-order valence-electron chi connectivity index (χ4n) is 4.36. The van der Waals surface area contributed by atoms with E-state index in [1.165, 1.54) is 15.4 Å². The largest absolute Gasteiger partial charge is 0.497 e. The van der Waals surface area contributed by atoms with Crippen molar-refractivity contribution in [2.75, 3.05) is 26.7 Å². The Bertz CT molecular complexity index is 818. The van der Waals surface area contributed by atoms with Gasteiger partial charge in [0.1, 0.15) is 17.6 Å². The van der Waals surface area contributed by atoms with Crippen molar-refractivity contribution in [3.63, 3.8) is 0 Å². The number of nitrogens with zero attached hydrogens (tertiary/aromatic N) is 1. The number of benzene rings is 2. The summed E-state index contributed by atoms with van der Waals surface area (Å²) in [7, 11) is 1.72. The van der Waals surface area contributed by atoms with Crippen LogP contribution in [0.15, 0.2) is 52.3 Å². The first-order valence-electron chi connectivity index (χ1n) is 10.7. The van der Waals surface area contributed by atoms with Crippen LogP contribution >= 0.6 is 11.8 Å². The van der Waals surface area contributed by atoms with E-state index in [0.29, 0.717) is 5.92 Å². The molecule has 0 spiro atoms. The van der Waals surface area contributed by atoms with Crippen LogP contribution in [0.1, 0.15) is 44.3 Å². The number of hydrogen-bond acceptors (Lipinski definition) is 5. The van der Waals surface area contributed by atoms with E-state index < -0.39 is 0 Å². The second-order valence-electron chi connectivity index (χ2n) is 8.16. The molecule has 5 heteroatoms. The highest BCUT2D eigenvalue weighted by Crippen LogP contribution is 2.48. The normalized spacial score (nSPS) is 20.9. The maximum absolute atomic E-state index is 9.49. The Balaban J connectivity index is 1.52. The molecule has 2 atom stereocenters. The lowest BCUT2D eigenvalue weighted by Crippen LogP contribution is -2.37. The highest BCUT2D eigenvalue weighted by Gasteiger charge is 2.33. The maximum atomic E-state index is 9.49. The Morgan fingerprint density at radius 3 is 2.72 bits per heavy atom. The van der Waals surface area contributed by atoms with E-state index in [-0.39, 0.29) is 12.2 Å². The molecule has 2 aromatic rings. The van der Waals surface area contributed by atoms with Gasteiger partial charge < -0.3 is 19.5 Å². The van der Waals surface area contributed by atoms with Crippen molar-refractivity contribution in [1.82, 2.24) is 4.90 Å². The molecule has 2 unspecified atom stereocenters. The molecule has 2 heterocycles. The molecule has 1 saturated heterocycles. The standard InChI is InChI=1S/C24H31NO3S/c1-17(26)6-5-13-25-14-11-18(12-15-25)24-20-16-19(27-2)9-10-22(20)29-23-8-4-3-7-21(23)28-24/h3-4,7-10,16-18,24,26H,5-6,11-15H2,1-2H3. The third-order valence-electron chi connectivity index (χ3n) is 6.00. The topological polar surface area (TPSA) is 41.9 Å². The number of hydrogen-bond donors (Lipinski definition) is 1. The fourth-order valence-corrected chi connectivity index (χ4v) is 5.39. The molecular weight excluding hydrogens is 382 g/mol. The predicted octanol–water partition coefficient (Wildman–Crippen LogP) is 5.15. The quantitative estimate of drug-likeness (QED) is 0.709. The van der Waals surface area contributed by atoms with Crippen molar-refractivity contribution < 1.29 is 14.6 Å². The molecule has 0 aromatic heterocycles. The minimum absolute atomic E-state index is 0.0517. The van der Waals surface area contributed by atoms with Gasteiger partial charge in [0.25, 0.3) is 0 Å². The first kappa shape index (κ1) is 20.6. The van der Waals surface area contributed by atoms with Crippen LogP contribution in [-0.2, 0) is 0 Å².